The molecule has 0 radical (unpaired) electrons. The molecule has 2 atom stereocenters. The number of nitrogens with zero attached hydrogens (tertiary/aromatic N) is 1. The molecule has 0 aromatic heterocycles. The van der Waals surface area contributed by atoms with Crippen LogP contribution in [0.15, 0.2) is 0 Å². The summed E-state index contributed by atoms with van der Waals surface area (Å²) in [6.45, 7) is 12.0. The average Bonchev–Trinajstić information content (AvgIpc) is 2.10. The quantitative estimate of drug-likeness (QED) is 0.614. The molecule has 1 rings (SSSR count). The minimum absolute atomic E-state index is 0.479. The van der Waals surface area contributed by atoms with Crippen LogP contribution in [0.2, 0.25) is 0 Å². The first-order valence-electron chi connectivity index (χ1n) is 5.40. The second-order valence-corrected chi connectivity index (χ2v) is 4.33. The van der Waals surface area contributed by atoms with E-state index in [2.05, 4.69) is 32.6 Å². The van der Waals surface area contributed by atoms with Gasteiger partial charge in [-0.05, 0) is 45.2 Å². The standard InChI is InChI=1S/C11H23N/c1-5-11(4)10(3)8-7-9-12(11)6-2/h10H,5-9H2,1-4H3. The average molecular weight is 169 g/mol. The zero-order chi connectivity index (χ0) is 9.19. The summed E-state index contributed by atoms with van der Waals surface area (Å²) in [5.74, 6) is 0.871. The summed E-state index contributed by atoms with van der Waals surface area (Å²) in [6, 6.07) is 0. The first-order chi connectivity index (χ1) is 5.65. The lowest BCUT2D eigenvalue weighted by atomic mass is 9.77. The van der Waals surface area contributed by atoms with Gasteiger partial charge in [-0.3, -0.25) is 4.90 Å². The van der Waals surface area contributed by atoms with Crippen molar-refractivity contribution in [1.82, 2.24) is 4.90 Å². The molecule has 0 aliphatic carbocycles. The predicted octanol–water partition coefficient (Wildman–Crippen LogP) is 2.91. The Kier molecular flexibility index (Phi) is 3.16. The van der Waals surface area contributed by atoms with Crippen LogP contribution in [0.1, 0.15) is 47.0 Å². The lowest BCUT2D eigenvalue weighted by Gasteiger charge is -2.48. The van der Waals surface area contributed by atoms with E-state index in [1.54, 1.807) is 0 Å². The molecular weight excluding hydrogens is 146 g/mol. The molecule has 1 saturated heterocycles. The monoisotopic (exact) mass is 169 g/mol. The van der Waals surface area contributed by atoms with Crippen molar-refractivity contribution in [3.8, 4) is 0 Å². The highest BCUT2D eigenvalue weighted by molar-refractivity contribution is 4.92. The minimum Gasteiger partial charge on any atom is -0.298 e. The van der Waals surface area contributed by atoms with E-state index in [0.29, 0.717) is 5.54 Å². The van der Waals surface area contributed by atoms with Crippen molar-refractivity contribution in [2.45, 2.75) is 52.5 Å². The third kappa shape index (κ3) is 1.52. The van der Waals surface area contributed by atoms with Crippen LogP contribution in [0.5, 0.6) is 0 Å². The second-order valence-electron chi connectivity index (χ2n) is 4.33. The largest absolute Gasteiger partial charge is 0.298 e. The van der Waals surface area contributed by atoms with Gasteiger partial charge in [-0.2, -0.15) is 0 Å². The van der Waals surface area contributed by atoms with E-state index in [9.17, 15) is 0 Å². The van der Waals surface area contributed by atoms with Crippen molar-refractivity contribution in [2.24, 2.45) is 5.92 Å². The van der Waals surface area contributed by atoms with Gasteiger partial charge in [0.15, 0.2) is 0 Å². The van der Waals surface area contributed by atoms with Crippen LogP contribution in [-0.4, -0.2) is 23.5 Å². The highest BCUT2D eigenvalue weighted by atomic mass is 15.2. The Hall–Kier alpha value is -0.0400. The Morgan fingerprint density at radius 3 is 2.50 bits per heavy atom. The number of likely N-dealkylation sites (tertiary alicyclic amines) is 1. The number of hydrogen-bond acceptors (Lipinski definition) is 1. The van der Waals surface area contributed by atoms with E-state index in [1.165, 1.54) is 32.4 Å². The van der Waals surface area contributed by atoms with Crippen LogP contribution in [0.3, 0.4) is 0 Å². The van der Waals surface area contributed by atoms with E-state index in [-0.39, 0.29) is 0 Å². The van der Waals surface area contributed by atoms with Crippen LogP contribution in [0.25, 0.3) is 0 Å². The van der Waals surface area contributed by atoms with E-state index in [0.717, 1.165) is 5.92 Å². The molecule has 1 nitrogen and oxygen atoms in total. The van der Waals surface area contributed by atoms with Crippen molar-refractivity contribution in [2.75, 3.05) is 13.1 Å². The molecule has 1 heteroatoms. The van der Waals surface area contributed by atoms with Crippen LogP contribution in [0.4, 0.5) is 0 Å². The van der Waals surface area contributed by atoms with Crippen LogP contribution in [-0.2, 0) is 0 Å². The lowest BCUT2D eigenvalue weighted by Crippen LogP contribution is -2.53. The minimum atomic E-state index is 0.479. The summed E-state index contributed by atoms with van der Waals surface area (Å²) in [6.07, 6.45) is 4.10. The van der Waals surface area contributed by atoms with Gasteiger partial charge in [0.1, 0.15) is 0 Å². The molecule has 0 saturated carbocycles. The zero-order valence-corrected chi connectivity index (χ0v) is 9.06. The van der Waals surface area contributed by atoms with Crippen LogP contribution in [0, 0.1) is 5.92 Å². The van der Waals surface area contributed by atoms with Crippen molar-refractivity contribution in [1.29, 1.82) is 0 Å². The summed E-state index contributed by atoms with van der Waals surface area (Å²) >= 11 is 0. The van der Waals surface area contributed by atoms with Gasteiger partial charge in [-0.25, -0.2) is 0 Å². The molecule has 72 valence electrons. The van der Waals surface area contributed by atoms with Gasteiger partial charge in [0.25, 0.3) is 0 Å². The van der Waals surface area contributed by atoms with Crippen molar-refractivity contribution in [3.63, 3.8) is 0 Å². The van der Waals surface area contributed by atoms with Gasteiger partial charge < -0.3 is 0 Å². The van der Waals surface area contributed by atoms with Gasteiger partial charge in [-0.1, -0.05) is 20.8 Å². The molecule has 0 aromatic carbocycles. The maximum Gasteiger partial charge on any atom is 0.0204 e. The van der Waals surface area contributed by atoms with Gasteiger partial charge in [0, 0.05) is 5.54 Å². The molecule has 2 unspecified atom stereocenters. The fraction of sp³-hybridized carbons (Fsp3) is 1.00. The van der Waals surface area contributed by atoms with Crippen molar-refractivity contribution >= 4 is 0 Å². The molecule has 1 aliphatic rings. The molecule has 12 heavy (non-hydrogen) atoms. The Bertz CT molecular complexity index is 144. The van der Waals surface area contributed by atoms with E-state index >= 15 is 0 Å². The summed E-state index contributed by atoms with van der Waals surface area (Å²) in [7, 11) is 0. The van der Waals surface area contributed by atoms with E-state index < -0.39 is 0 Å². The summed E-state index contributed by atoms with van der Waals surface area (Å²) in [5.41, 5.74) is 0.479. The highest BCUT2D eigenvalue weighted by Gasteiger charge is 2.37. The number of piperidine rings is 1. The molecule has 0 N–H and O–H groups in total. The molecule has 0 amide bonds. The Morgan fingerprint density at radius 2 is 2.08 bits per heavy atom. The van der Waals surface area contributed by atoms with Crippen LogP contribution >= 0.6 is 0 Å². The third-order valence-electron chi connectivity index (χ3n) is 3.95. The van der Waals surface area contributed by atoms with E-state index in [4.69, 9.17) is 0 Å². The maximum atomic E-state index is 2.65. The fourth-order valence-corrected chi connectivity index (χ4v) is 2.56. The normalized spacial score (nSPS) is 38.5. The molecule has 0 bridgehead atoms. The van der Waals surface area contributed by atoms with Crippen LogP contribution < -0.4 is 0 Å². The first-order valence-corrected chi connectivity index (χ1v) is 5.40. The Labute approximate surface area is 77.1 Å². The molecule has 1 fully saturated rings. The van der Waals surface area contributed by atoms with Gasteiger partial charge in [0.2, 0.25) is 0 Å². The molecule has 0 spiro atoms. The third-order valence-corrected chi connectivity index (χ3v) is 3.95. The number of hydrogen-bond donors (Lipinski definition) is 0. The molecule has 1 aliphatic heterocycles. The lowest BCUT2D eigenvalue weighted by molar-refractivity contribution is 0.0166. The predicted molar refractivity (Wildman–Crippen MR) is 54.3 cm³/mol. The zero-order valence-electron chi connectivity index (χ0n) is 9.06. The molecule has 1 heterocycles. The van der Waals surface area contributed by atoms with Gasteiger partial charge in [0.05, 0.1) is 0 Å². The van der Waals surface area contributed by atoms with Gasteiger partial charge >= 0.3 is 0 Å². The summed E-state index contributed by atoms with van der Waals surface area (Å²) in [4.78, 5) is 2.65. The highest BCUT2D eigenvalue weighted by Crippen LogP contribution is 2.35. The van der Waals surface area contributed by atoms with Crippen molar-refractivity contribution < 1.29 is 0 Å². The number of rotatable bonds is 2. The first kappa shape index (κ1) is 10.0. The topological polar surface area (TPSA) is 3.24 Å². The maximum absolute atomic E-state index is 2.65. The summed E-state index contributed by atoms with van der Waals surface area (Å²) in [5, 5.41) is 0. The fourth-order valence-electron chi connectivity index (χ4n) is 2.56. The van der Waals surface area contributed by atoms with Crippen molar-refractivity contribution in [3.05, 3.63) is 0 Å². The Balaban J connectivity index is 2.72. The smallest absolute Gasteiger partial charge is 0.0204 e. The molecular formula is C11H23N. The second kappa shape index (κ2) is 3.78. The molecule has 0 aromatic rings. The Morgan fingerprint density at radius 1 is 1.42 bits per heavy atom. The van der Waals surface area contributed by atoms with Gasteiger partial charge in [-0.15, -0.1) is 0 Å². The van der Waals surface area contributed by atoms with E-state index in [1.807, 2.05) is 0 Å². The summed E-state index contributed by atoms with van der Waals surface area (Å²) < 4.78 is 0. The SMILES string of the molecule is CCN1CCCC(C)C1(C)CC.